The lowest BCUT2D eigenvalue weighted by Gasteiger charge is -2.11. The van der Waals surface area contributed by atoms with E-state index in [1.165, 1.54) is 18.3 Å². The fourth-order valence-corrected chi connectivity index (χ4v) is 2.59. The van der Waals surface area contributed by atoms with Crippen molar-refractivity contribution in [3.05, 3.63) is 71.1 Å². The summed E-state index contributed by atoms with van der Waals surface area (Å²) in [4.78, 5) is 3.59. The van der Waals surface area contributed by atoms with Crippen molar-refractivity contribution >= 4 is 23.6 Å². The molecule has 5 nitrogen and oxygen atoms in total. The molecular formula is C18H11ClF6N4O. The highest BCUT2D eigenvalue weighted by molar-refractivity contribution is 6.32. The van der Waals surface area contributed by atoms with Gasteiger partial charge in [0.25, 0.3) is 0 Å². The zero-order valence-electron chi connectivity index (χ0n) is 14.7. The van der Waals surface area contributed by atoms with Gasteiger partial charge in [-0.25, -0.2) is 4.98 Å². The highest BCUT2D eigenvalue weighted by atomic mass is 35.5. The molecule has 0 saturated carbocycles. The molecule has 0 atom stereocenters. The van der Waals surface area contributed by atoms with Gasteiger partial charge < -0.3 is 9.30 Å². The van der Waals surface area contributed by atoms with Gasteiger partial charge in [0.15, 0.2) is 5.82 Å². The van der Waals surface area contributed by atoms with E-state index in [1.807, 2.05) is 0 Å². The predicted molar refractivity (Wildman–Crippen MR) is 97.9 cm³/mol. The number of benzene rings is 1. The molecule has 0 radical (unpaired) electrons. The molecule has 2 heterocycles. The first-order valence-electron chi connectivity index (χ1n) is 8.08. The molecule has 2 aromatic heterocycles. The Morgan fingerprint density at radius 2 is 1.77 bits per heavy atom. The van der Waals surface area contributed by atoms with Crippen LogP contribution in [0.1, 0.15) is 11.3 Å². The lowest BCUT2D eigenvalue weighted by atomic mass is 10.3. The quantitative estimate of drug-likeness (QED) is 0.301. The van der Waals surface area contributed by atoms with Gasteiger partial charge in [0.2, 0.25) is 0 Å². The summed E-state index contributed by atoms with van der Waals surface area (Å²) in [6, 6.07) is 9.21. The Bertz CT molecular complexity index is 1040. The van der Waals surface area contributed by atoms with Crippen LogP contribution in [-0.4, -0.2) is 22.1 Å². The van der Waals surface area contributed by atoms with Crippen molar-refractivity contribution in [3.63, 3.8) is 0 Å². The summed E-state index contributed by atoms with van der Waals surface area (Å²) in [6.07, 6.45) is -5.75. The van der Waals surface area contributed by atoms with E-state index in [9.17, 15) is 26.3 Å². The van der Waals surface area contributed by atoms with Crippen molar-refractivity contribution in [1.29, 1.82) is 0 Å². The van der Waals surface area contributed by atoms with Crippen molar-refractivity contribution < 1.29 is 31.1 Å². The summed E-state index contributed by atoms with van der Waals surface area (Å²) in [5, 5.41) is 3.63. The molecule has 1 aromatic carbocycles. The van der Waals surface area contributed by atoms with E-state index < -0.39 is 18.1 Å². The summed E-state index contributed by atoms with van der Waals surface area (Å²) in [6.45, 7) is 0. The van der Waals surface area contributed by atoms with Crippen LogP contribution < -0.4 is 10.2 Å². The fraction of sp³-hybridized carbons (Fsp3) is 0.111. The number of pyridine rings is 1. The van der Waals surface area contributed by atoms with Crippen LogP contribution in [0, 0.1) is 0 Å². The van der Waals surface area contributed by atoms with Crippen LogP contribution >= 0.6 is 11.6 Å². The van der Waals surface area contributed by atoms with Gasteiger partial charge in [-0.15, -0.1) is 13.2 Å². The van der Waals surface area contributed by atoms with E-state index in [2.05, 4.69) is 20.2 Å². The molecule has 30 heavy (non-hydrogen) atoms. The number of alkyl halides is 6. The van der Waals surface area contributed by atoms with Gasteiger partial charge in [-0.3, -0.25) is 5.43 Å². The Kier molecular flexibility index (Phi) is 5.92. The summed E-state index contributed by atoms with van der Waals surface area (Å²) in [5.41, 5.74) is 2.50. The molecule has 0 unspecified atom stereocenters. The number of nitrogens with zero attached hydrogens (tertiary/aromatic N) is 3. The maximum atomic E-state index is 12.6. The van der Waals surface area contributed by atoms with Gasteiger partial charge in [-0.2, -0.15) is 18.3 Å². The number of ether oxygens (including phenoxy) is 1. The minimum absolute atomic E-state index is 0.0762. The number of rotatable bonds is 5. The van der Waals surface area contributed by atoms with Crippen LogP contribution in [0.5, 0.6) is 5.75 Å². The first kappa shape index (κ1) is 21.5. The molecule has 0 amide bonds. The number of hydrogen-bond donors (Lipinski definition) is 1. The van der Waals surface area contributed by atoms with Crippen molar-refractivity contribution in [2.45, 2.75) is 12.5 Å². The third kappa shape index (κ3) is 5.44. The van der Waals surface area contributed by atoms with E-state index in [0.29, 0.717) is 17.6 Å². The molecule has 1 N–H and O–H groups in total. The minimum atomic E-state index is -4.79. The van der Waals surface area contributed by atoms with Crippen molar-refractivity contribution in [2.75, 3.05) is 5.43 Å². The molecule has 158 valence electrons. The van der Waals surface area contributed by atoms with Crippen molar-refractivity contribution in [2.24, 2.45) is 5.10 Å². The average molecular weight is 449 g/mol. The maximum Gasteiger partial charge on any atom is 0.573 e. The van der Waals surface area contributed by atoms with Gasteiger partial charge in [0.1, 0.15) is 5.75 Å². The normalized spacial score (nSPS) is 12.4. The fourth-order valence-electron chi connectivity index (χ4n) is 2.38. The van der Waals surface area contributed by atoms with Gasteiger partial charge in [-0.05, 0) is 42.5 Å². The number of halogens is 7. The predicted octanol–water partition coefficient (Wildman–Crippen LogP) is 5.89. The van der Waals surface area contributed by atoms with Crippen LogP contribution in [0.2, 0.25) is 5.02 Å². The van der Waals surface area contributed by atoms with Crippen LogP contribution in [0.25, 0.3) is 5.69 Å². The summed E-state index contributed by atoms with van der Waals surface area (Å²) in [7, 11) is 0. The Hall–Kier alpha value is -3.21. The zero-order chi connectivity index (χ0) is 21.9. The summed E-state index contributed by atoms with van der Waals surface area (Å²) >= 11 is 5.79. The van der Waals surface area contributed by atoms with E-state index in [1.54, 1.807) is 22.9 Å². The Balaban J connectivity index is 1.72. The van der Waals surface area contributed by atoms with Gasteiger partial charge in [0.05, 0.1) is 22.5 Å². The highest BCUT2D eigenvalue weighted by Gasteiger charge is 2.32. The summed E-state index contributed by atoms with van der Waals surface area (Å²) < 4.78 is 80.1. The molecule has 3 rings (SSSR count). The SMILES string of the molecule is FC(F)(F)Oc1ccc(-n2cccc2/C=N/Nc2ncc(C(F)(F)F)cc2Cl)cc1. The van der Waals surface area contributed by atoms with Gasteiger partial charge in [-0.1, -0.05) is 11.6 Å². The van der Waals surface area contributed by atoms with Gasteiger partial charge in [0, 0.05) is 18.1 Å². The third-order valence-electron chi connectivity index (χ3n) is 3.66. The Morgan fingerprint density at radius 1 is 1.07 bits per heavy atom. The van der Waals surface area contributed by atoms with Crippen LogP contribution in [-0.2, 0) is 6.18 Å². The zero-order valence-corrected chi connectivity index (χ0v) is 15.4. The van der Waals surface area contributed by atoms with Gasteiger partial charge >= 0.3 is 12.5 Å². The molecular weight excluding hydrogens is 438 g/mol. The minimum Gasteiger partial charge on any atom is -0.406 e. The second-order valence-corrected chi connectivity index (χ2v) is 6.17. The monoisotopic (exact) mass is 448 g/mol. The average Bonchev–Trinajstić information content (AvgIpc) is 3.10. The molecule has 12 heteroatoms. The van der Waals surface area contributed by atoms with E-state index in [0.717, 1.165) is 18.2 Å². The van der Waals surface area contributed by atoms with Crippen LogP contribution in [0.4, 0.5) is 32.2 Å². The molecule has 0 aliphatic rings. The molecule has 0 bridgehead atoms. The van der Waals surface area contributed by atoms with Crippen molar-refractivity contribution in [1.82, 2.24) is 9.55 Å². The molecule has 0 aliphatic heterocycles. The molecule has 0 saturated heterocycles. The number of nitrogens with one attached hydrogen (secondary N) is 1. The number of aromatic nitrogens is 2. The Morgan fingerprint density at radius 3 is 2.37 bits per heavy atom. The Labute approximate surface area is 170 Å². The molecule has 0 spiro atoms. The van der Waals surface area contributed by atoms with Crippen LogP contribution in [0.3, 0.4) is 0 Å². The molecule has 0 aliphatic carbocycles. The number of hydrogen-bond acceptors (Lipinski definition) is 4. The largest absolute Gasteiger partial charge is 0.573 e. The second kappa shape index (κ2) is 8.27. The number of hydrazone groups is 1. The highest BCUT2D eigenvalue weighted by Crippen LogP contribution is 2.32. The van der Waals surface area contributed by atoms with E-state index >= 15 is 0 Å². The lowest BCUT2D eigenvalue weighted by molar-refractivity contribution is -0.274. The number of anilines is 1. The molecule has 3 aromatic rings. The maximum absolute atomic E-state index is 12.6. The second-order valence-electron chi connectivity index (χ2n) is 5.77. The lowest BCUT2D eigenvalue weighted by Crippen LogP contribution is -2.17. The van der Waals surface area contributed by atoms with E-state index in [-0.39, 0.29) is 16.6 Å². The molecule has 0 fully saturated rings. The third-order valence-corrected chi connectivity index (χ3v) is 3.95. The smallest absolute Gasteiger partial charge is 0.406 e. The standard InChI is InChI=1S/C18H11ClF6N4O/c19-15-8-11(17(20,21)22)9-26-16(15)28-27-10-13-2-1-7-29(13)12-3-5-14(6-4-12)30-18(23,24)25/h1-10H,(H,26,28)/b27-10+. The van der Waals surface area contributed by atoms with Crippen molar-refractivity contribution in [3.8, 4) is 11.4 Å². The topological polar surface area (TPSA) is 51.4 Å². The summed E-state index contributed by atoms with van der Waals surface area (Å²) in [5.74, 6) is -0.439. The van der Waals surface area contributed by atoms with Crippen LogP contribution in [0.15, 0.2) is 60.0 Å². The van der Waals surface area contributed by atoms with E-state index in [4.69, 9.17) is 11.6 Å². The first-order chi connectivity index (χ1) is 14.0. The first-order valence-corrected chi connectivity index (χ1v) is 8.46.